The number of rotatable bonds is 4. The number of aliphatic carboxylic acids is 1. The average molecular weight is 243 g/mol. The summed E-state index contributed by atoms with van der Waals surface area (Å²) in [5.41, 5.74) is -1.24. The normalized spacial score (nSPS) is 21.2. The molecule has 1 heterocycles. The summed E-state index contributed by atoms with van der Waals surface area (Å²) in [5.74, 6) is -0.591. The fourth-order valence-corrected chi connectivity index (χ4v) is 1.81. The molecule has 0 aromatic carbocycles. The van der Waals surface area contributed by atoms with Crippen molar-refractivity contribution in [1.29, 1.82) is 0 Å². The minimum atomic E-state index is -1.24. The van der Waals surface area contributed by atoms with Gasteiger partial charge in [-0.1, -0.05) is 0 Å². The second-order valence-corrected chi connectivity index (χ2v) is 5.18. The van der Waals surface area contributed by atoms with Crippen LogP contribution < -0.4 is 10.6 Å². The summed E-state index contributed by atoms with van der Waals surface area (Å²) in [6, 6.07) is -0.424. The molecule has 1 aliphatic rings. The van der Waals surface area contributed by atoms with Gasteiger partial charge in [0, 0.05) is 13.1 Å². The molecule has 1 unspecified atom stereocenters. The molecule has 1 atom stereocenters. The summed E-state index contributed by atoms with van der Waals surface area (Å²) < 4.78 is 0. The van der Waals surface area contributed by atoms with E-state index >= 15 is 0 Å². The van der Waals surface area contributed by atoms with Crippen LogP contribution in [-0.4, -0.2) is 54.2 Å². The van der Waals surface area contributed by atoms with E-state index in [1.54, 1.807) is 0 Å². The minimum absolute atomic E-state index is 0.424. The van der Waals surface area contributed by atoms with Crippen molar-refractivity contribution in [1.82, 2.24) is 15.5 Å². The van der Waals surface area contributed by atoms with Gasteiger partial charge in [0.25, 0.3) is 0 Å². The van der Waals surface area contributed by atoms with Gasteiger partial charge < -0.3 is 20.6 Å². The van der Waals surface area contributed by atoms with Crippen LogP contribution in [0, 0.1) is 5.92 Å². The Morgan fingerprint density at radius 1 is 1.47 bits per heavy atom. The van der Waals surface area contributed by atoms with Gasteiger partial charge in [-0.2, -0.15) is 0 Å². The number of hydrogen-bond acceptors (Lipinski definition) is 3. The molecule has 2 amide bonds. The lowest BCUT2D eigenvalue weighted by molar-refractivity contribution is -0.142. The van der Waals surface area contributed by atoms with Crippen molar-refractivity contribution in [3.05, 3.63) is 0 Å². The Balaban J connectivity index is 2.28. The average Bonchev–Trinajstić information content (AvgIpc) is 2.60. The summed E-state index contributed by atoms with van der Waals surface area (Å²) in [5, 5.41) is 14.0. The van der Waals surface area contributed by atoms with Gasteiger partial charge in [-0.3, -0.25) is 0 Å². The minimum Gasteiger partial charge on any atom is -0.480 e. The molecule has 6 heteroatoms. The molecule has 0 spiro atoms. The zero-order chi connectivity index (χ0) is 13.1. The summed E-state index contributed by atoms with van der Waals surface area (Å²) in [6.45, 7) is 5.53. The van der Waals surface area contributed by atoms with E-state index < -0.39 is 17.5 Å². The van der Waals surface area contributed by atoms with E-state index in [-0.39, 0.29) is 0 Å². The van der Waals surface area contributed by atoms with E-state index in [4.69, 9.17) is 5.11 Å². The Morgan fingerprint density at radius 3 is 2.59 bits per heavy atom. The molecule has 0 radical (unpaired) electrons. The lowest BCUT2D eigenvalue weighted by atomic mass is 10.1. The van der Waals surface area contributed by atoms with E-state index in [1.165, 1.54) is 13.8 Å². The van der Waals surface area contributed by atoms with Gasteiger partial charge in [-0.25, -0.2) is 9.59 Å². The molecule has 1 fully saturated rings. The van der Waals surface area contributed by atoms with Crippen LogP contribution in [0.2, 0.25) is 0 Å². The number of hydrogen-bond donors (Lipinski definition) is 3. The highest BCUT2D eigenvalue weighted by Gasteiger charge is 2.29. The lowest BCUT2D eigenvalue weighted by Crippen LogP contribution is -2.53. The van der Waals surface area contributed by atoms with Gasteiger partial charge in [0.15, 0.2) is 0 Å². The van der Waals surface area contributed by atoms with E-state index in [1.807, 2.05) is 7.05 Å². The predicted molar refractivity (Wildman–Crippen MR) is 63.9 cm³/mol. The van der Waals surface area contributed by atoms with Crippen molar-refractivity contribution in [2.24, 2.45) is 5.92 Å². The maximum Gasteiger partial charge on any atom is 0.328 e. The Kier molecular flexibility index (Phi) is 4.34. The molecule has 98 valence electrons. The first-order chi connectivity index (χ1) is 7.81. The van der Waals surface area contributed by atoms with Gasteiger partial charge in [0.05, 0.1) is 0 Å². The largest absolute Gasteiger partial charge is 0.480 e. The summed E-state index contributed by atoms with van der Waals surface area (Å²) in [6.07, 6.45) is 1.07. The first kappa shape index (κ1) is 13.8. The molecule has 3 N–H and O–H groups in total. The van der Waals surface area contributed by atoms with E-state index in [2.05, 4.69) is 15.5 Å². The fourth-order valence-electron chi connectivity index (χ4n) is 1.81. The monoisotopic (exact) mass is 243 g/mol. The number of carboxylic acid groups (broad SMARTS) is 1. The van der Waals surface area contributed by atoms with Crippen LogP contribution in [0.1, 0.15) is 20.3 Å². The summed E-state index contributed by atoms with van der Waals surface area (Å²) in [4.78, 5) is 24.5. The summed E-state index contributed by atoms with van der Waals surface area (Å²) in [7, 11) is 2.05. The second-order valence-electron chi connectivity index (χ2n) is 5.18. The van der Waals surface area contributed by atoms with Crippen LogP contribution in [0.4, 0.5) is 4.79 Å². The van der Waals surface area contributed by atoms with Crippen molar-refractivity contribution in [3.63, 3.8) is 0 Å². The zero-order valence-electron chi connectivity index (χ0n) is 10.6. The molecule has 0 aromatic rings. The molecular formula is C11H21N3O3. The van der Waals surface area contributed by atoms with Crippen LogP contribution in [0.15, 0.2) is 0 Å². The van der Waals surface area contributed by atoms with Gasteiger partial charge >= 0.3 is 12.0 Å². The summed E-state index contributed by atoms with van der Waals surface area (Å²) >= 11 is 0. The molecule has 0 bridgehead atoms. The van der Waals surface area contributed by atoms with Crippen LogP contribution >= 0.6 is 0 Å². The van der Waals surface area contributed by atoms with Crippen LogP contribution in [0.3, 0.4) is 0 Å². The van der Waals surface area contributed by atoms with Crippen molar-refractivity contribution in [2.75, 3.05) is 26.7 Å². The highest BCUT2D eigenvalue weighted by Crippen LogP contribution is 2.12. The molecule has 0 aromatic heterocycles. The van der Waals surface area contributed by atoms with Gasteiger partial charge in [0.2, 0.25) is 0 Å². The van der Waals surface area contributed by atoms with Gasteiger partial charge in [0.1, 0.15) is 5.54 Å². The third-order valence-electron chi connectivity index (χ3n) is 3.00. The standard InChI is InChI=1S/C11H21N3O3/c1-11(2,9(15)16)13-10(17)12-6-8-4-5-14(3)7-8/h8H,4-7H2,1-3H3,(H,15,16)(H2,12,13,17). The number of amides is 2. The lowest BCUT2D eigenvalue weighted by Gasteiger charge is -2.22. The molecule has 6 nitrogen and oxygen atoms in total. The SMILES string of the molecule is CN1CCC(CNC(=O)NC(C)(C)C(=O)O)C1. The number of nitrogens with zero attached hydrogens (tertiary/aromatic N) is 1. The number of urea groups is 1. The Labute approximate surface area is 101 Å². The fraction of sp³-hybridized carbons (Fsp3) is 0.818. The van der Waals surface area contributed by atoms with Gasteiger partial charge in [-0.15, -0.1) is 0 Å². The zero-order valence-corrected chi connectivity index (χ0v) is 10.6. The number of likely N-dealkylation sites (tertiary alicyclic amines) is 1. The smallest absolute Gasteiger partial charge is 0.328 e. The molecule has 1 saturated heterocycles. The Morgan fingerprint density at radius 2 is 2.12 bits per heavy atom. The van der Waals surface area contributed by atoms with Crippen molar-refractivity contribution >= 4 is 12.0 Å². The van der Waals surface area contributed by atoms with Crippen molar-refractivity contribution in [2.45, 2.75) is 25.8 Å². The Bertz CT molecular complexity index is 304. The van der Waals surface area contributed by atoms with Crippen molar-refractivity contribution in [3.8, 4) is 0 Å². The molecule has 1 rings (SSSR count). The number of carbonyl (C=O) groups is 2. The highest BCUT2D eigenvalue weighted by atomic mass is 16.4. The molecule has 1 aliphatic heterocycles. The topological polar surface area (TPSA) is 81.7 Å². The maximum absolute atomic E-state index is 11.5. The highest BCUT2D eigenvalue weighted by molar-refractivity contribution is 5.85. The maximum atomic E-state index is 11.5. The molecule has 17 heavy (non-hydrogen) atoms. The predicted octanol–water partition coefficient (Wildman–Crippen LogP) is 0.101. The first-order valence-electron chi connectivity index (χ1n) is 5.79. The van der Waals surface area contributed by atoms with E-state index in [0.717, 1.165) is 19.5 Å². The van der Waals surface area contributed by atoms with E-state index in [9.17, 15) is 9.59 Å². The quantitative estimate of drug-likeness (QED) is 0.654. The number of carbonyl (C=O) groups excluding carboxylic acids is 1. The van der Waals surface area contributed by atoms with E-state index in [0.29, 0.717) is 12.5 Å². The molecular weight excluding hydrogens is 222 g/mol. The number of nitrogens with one attached hydrogen (secondary N) is 2. The molecule has 0 aliphatic carbocycles. The Hall–Kier alpha value is -1.30. The van der Waals surface area contributed by atoms with Crippen LogP contribution in [0.25, 0.3) is 0 Å². The first-order valence-corrected chi connectivity index (χ1v) is 5.79. The third-order valence-corrected chi connectivity index (χ3v) is 3.00. The second kappa shape index (κ2) is 5.35. The molecule has 0 saturated carbocycles. The number of carboxylic acids is 1. The van der Waals surface area contributed by atoms with Crippen LogP contribution in [-0.2, 0) is 4.79 Å². The third kappa shape index (κ3) is 4.22. The van der Waals surface area contributed by atoms with Crippen LogP contribution in [0.5, 0.6) is 0 Å². The van der Waals surface area contributed by atoms with Gasteiger partial charge in [-0.05, 0) is 39.8 Å². The van der Waals surface area contributed by atoms with Crippen molar-refractivity contribution < 1.29 is 14.7 Å².